The average molecular weight is 731 g/mol. The Morgan fingerprint density at radius 3 is 1.10 bits per heavy atom. The van der Waals surface area contributed by atoms with E-state index in [0.717, 1.165) is 64.2 Å². The summed E-state index contributed by atoms with van der Waals surface area (Å²) in [6, 6.07) is 0. The van der Waals surface area contributed by atoms with Gasteiger partial charge in [0.25, 0.3) is 0 Å². The van der Waals surface area contributed by atoms with Crippen molar-refractivity contribution in [2.75, 3.05) is 0 Å². The Hall–Kier alpha value is -2.77. The maximum Gasteiger partial charge on any atom is 0.473 e. The van der Waals surface area contributed by atoms with Crippen molar-refractivity contribution in [2.24, 2.45) is 0 Å². The Morgan fingerprint density at radius 2 is 0.804 bits per heavy atom. The summed E-state index contributed by atoms with van der Waals surface area (Å²) in [6.07, 6.45) is 40.2. The zero-order valence-electron chi connectivity index (χ0n) is 31.5. The molecule has 2 atom stereocenters. The number of phosphoric acid groups is 1. The topological polar surface area (TPSA) is 124 Å². The monoisotopic (exact) mass is 730 g/mol. The summed E-state index contributed by atoms with van der Waals surface area (Å²) in [5, 5.41) is 0. The van der Waals surface area contributed by atoms with Gasteiger partial charge in [0.2, 0.25) is 0 Å². The predicted molar refractivity (Wildman–Crippen MR) is 209 cm³/mol. The molecule has 0 aliphatic carbocycles. The number of carbonyl (C=O) groups is 4. The Bertz CT molecular complexity index is 1050. The number of aldehydes is 2. The molecule has 0 bridgehead atoms. The molecule has 0 radical (unpaired) electrons. The number of hydrogen-bond donors (Lipinski definition) is 1. The van der Waals surface area contributed by atoms with Crippen molar-refractivity contribution in [2.45, 2.75) is 167 Å². The van der Waals surface area contributed by atoms with Crippen LogP contribution in [-0.4, -0.2) is 41.2 Å². The number of unbranched alkanes of at least 4 members (excludes halogenated alkanes) is 10. The van der Waals surface area contributed by atoms with Crippen molar-refractivity contribution in [1.82, 2.24) is 0 Å². The molecule has 51 heavy (non-hydrogen) atoms. The van der Waals surface area contributed by atoms with Gasteiger partial charge in [0, 0.05) is 25.7 Å². The standard InChI is InChI=1S/C42H67O8P/c1-3-5-7-9-11-13-15-17-19-21-23-25-27-29-31-33-39(45)41(35-37-43)49-51(47,48)50-42(36-38-44)40(46)34-32-30-28-26-24-22-20-18-16-14-12-10-8-6-4-2/h11-14,17-20,23-26,37-38,41-42H,3-10,15-16,21-22,27-36H2,1-2H3,(H,47,48). The van der Waals surface area contributed by atoms with Crippen molar-refractivity contribution in [1.29, 1.82) is 0 Å². The average Bonchev–Trinajstić information content (AvgIpc) is 3.10. The minimum absolute atomic E-state index is 0.0643. The number of ketones is 2. The number of rotatable bonds is 36. The fraction of sp³-hybridized carbons (Fsp3) is 0.619. The third kappa shape index (κ3) is 31.7. The van der Waals surface area contributed by atoms with Crippen LogP contribution in [0.25, 0.3) is 0 Å². The number of carbonyl (C=O) groups excluding carboxylic acids is 4. The Morgan fingerprint density at radius 1 is 0.510 bits per heavy atom. The SMILES string of the molecule is CCCCCC=CCC=CCC=CCCCCC(=O)C(CC=O)OP(=O)(O)OC(CC=O)C(=O)CCCCC=CCC=CCC=CCCCCC. The molecule has 2 unspecified atom stereocenters. The molecule has 0 spiro atoms. The minimum atomic E-state index is -4.92. The van der Waals surface area contributed by atoms with Gasteiger partial charge >= 0.3 is 7.82 Å². The first-order valence-corrected chi connectivity index (χ1v) is 20.8. The van der Waals surface area contributed by atoms with Crippen LogP contribution in [0.1, 0.15) is 155 Å². The van der Waals surface area contributed by atoms with E-state index < -0.39 is 44.4 Å². The summed E-state index contributed by atoms with van der Waals surface area (Å²) < 4.78 is 22.9. The molecule has 0 saturated carbocycles. The van der Waals surface area contributed by atoms with Gasteiger partial charge in [0.15, 0.2) is 11.6 Å². The van der Waals surface area contributed by atoms with Gasteiger partial charge in [0.05, 0.1) is 0 Å². The second-order valence-corrected chi connectivity index (χ2v) is 14.0. The summed E-state index contributed by atoms with van der Waals surface area (Å²) in [7, 11) is -4.92. The molecule has 8 nitrogen and oxygen atoms in total. The van der Waals surface area contributed by atoms with E-state index in [1.54, 1.807) is 0 Å². The van der Waals surface area contributed by atoms with Crippen LogP contribution in [0.2, 0.25) is 0 Å². The molecule has 0 amide bonds. The highest BCUT2D eigenvalue weighted by Gasteiger charge is 2.35. The third-order valence-electron chi connectivity index (χ3n) is 7.99. The lowest BCUT2D eigenvalue weighted by Crippen LogP contribution is -2.28. The molecule has 0 aliphatic heterocycles. The maximum atomic E-state index is 12.8. The fourth-order valence-electron chi connectivity index (χ4n) is 5.01. The van der Waals surface area contributed by atoms with E-state index in [1.807, 2.05) is 0 Å². The first-order valence-electron chi connectivity index (χ1n) is 19.3. The van der Waals surface area contributed by atoms with Gasteiger partial charge in [0.1, 0.15) is 24.8 Å². The second-order valence-electron chi connectivity index (χ2n) is 12.6. The Balaban J connectivity index is 4.47. The van der Waals surface area contributed by atoms with E-state index >= 15 is 0 Å². The largest absolute Gasteiger partial charge is 0.473 e. The quantitative estimate of drug-likeness (QED) is 0.0292. The van der Waals surface area contributed by atoms with Gasteiger partial charge < -0.3 is 14.5 Å². The number of hydrogen-bond acceptors (Lipinski definition) is 7. The number of allylic oxidation sites excluding steroid dienone is 12. The predicted octanol–water partition coefficient (Wildman–Crippen LogP) is 11.4. The molecule has 0 aromatic heterocycles. The summed E-state index contributed by atoms with van der Waals surface area (Å²) in [4.78, 5) is 58.2. The van der Waals surface area contributed by atoms with Crippen molar-refractivity contribution in [3.8, 4) is 0 Å². The van der Waals surface area contributed by atoms with Crippen LogP contribution in [0, 0.1) is 0 Å². The molecule has 0 aromatic carbocycles. The lowest BCUT2D eigenvalue weighted by atomic mass is 10.1. The summed E-state index contributed by atoms with van der Waals surface area (Å²) in [6.45, 7) is 4.40. The van der Waals surface area contributed by atoms with Gasteiger partial charge in [-0.25, -0.2) is 4.57 Å². The minimum Gasteiger partial charge on any atom is -0.303 e. The third-order valence-corrected chi connectivity index (χ3v) is 9.03. The van der Waals surface area contributed by atoms with Crippen molar-refractivity contribution < 1.29 is 37.7 Å². The number of Topliss-reactive ketones (excluding diaryl/α,β-unsaturated/α-hetero) is 2. The zero-order valence-corrected chi connectivity index (χ0v) is 32.4. The van der Waals surface area contributed by atoms with Crippen LogP contribution in [0.15, 0.2) is 72.9 Å². The lowest BCUT2D eigenvalue weighted by Gasteiger charge is -2.22. The van der Waals surface area contributed by atoms with E-state index in [1.165, 1.54) is 38.5 Å². The molecule has 0 rings (SSSR count). The fourth-order valence-corrected chi connectivity index (χ4v) is 6.11. The highest BCUT2D eigenvalue weighted by molar-refractivity contribution is 7.47. The normalized spacial score (nSPS) is 14.8. The van der Waals surface area contributed by atoms with E-state index in [9.17, 15) is 28.6 Å². The van der Waals surface area contributed by atoms with Gasteiger partial charge in [-0.2, -0.15) is 0 Å². The molecule has 0 heterocycles. The van der Waals surface area contributed by atoms with Gasteiger partial charge in [-0.15, -0.1) is 0 Å². The molecule has 0 aromatic rings. The first kappa shape index (κ1) is 48.2. The van der Waals surface area contributed by atoms with E-state index in [-0.39, 0.29) is 12.8 Å². The van der Waals surface area contributed by atoms with Crippen LogP contribution >= 0.6 is 7.82 Å². The summed E-state index contributed by atoms with van der Waals surface area (Å²) in [5.41, 5.74) is 0. The number of phosphoric ester groups is 1. The Kier molecular flexibility index (Phi) is 33.7. The van der Waals surface area contributed by atoms with Crippen molar-refractivity contribution in [3.05, 3.63) is 72.9 Å². The van der Waals surface area contributed by atoms with Gasteiger partial charge in [-0.05, 0) is 89.9 Å². The molecule has 0 aliphatic rings. The summed E-state index contributed by atoms with van der Waals surface area (Å²) >= 11 is 0. The molecule has 1 N–H and O–H groups in total. The Labute approximate surface area is 309 Å². The maximum absolute atomic E-state index is 12.8. The smallest absolute Gasteiger partial charge is 0.303 e. The van der Waals surface area contributed by atoms with E-state index in [0.29, 0.717) is 25.4 Å². The molecular formula is C42H67O8P. The van der Waals surface area contributed by atoms with Gasteiger partial charge in [-0.3, -0.25) is 18.6 Å². The van der Waals surface area contributed by atoms with Crippen molar-refractivity contribution in [3.63, 3.8) is 0 Å². The molecule has 288 valence electrons. The van der Waals surface area contributed by atoms with Crippen LogP contribution in [-0.2, 0) is 32.8 Å². The molecule has 9 heteroatoms. The first-order chi connectivity index (χ1) is 24.8. The molecular weight excluding hydrogens is 663 g/mol. The van der Waals surface area contributed by atoms with Crippen LogP contribution in [0.4, 0.5) is 0 Å². The van der Waals surface area contributed by atoms with Crippen molar-refractivity contribution >= 4 is 32.0 Å². The second kappa shape index (κ2) is 35.6. The molecule has 0 saturated heterocycles. The lowest BCUT2D eigenvalue weighted by molar-refractivity contribution is -0.132. The van der Waals surface area contributed by atoms with E-state index in [4.69, 9.17) is 9.05 Å². The highest BCUT2D eigenvalue weighted by atomic mass is 31.2. The van der Waals surface area contributed by atoms with Crippen LogP contribution < -0.4 is 0 Å². The van der Waals surface area contributed by atoms with E-state index in [2.05, 4.69) is 86.8 Å². The molecule has 0 fully saturated rings. The van der Waals surface area contributed by atoms with Crippen LogP contribution in [0.5, 0.6) is 0 Å². The summed E-state index contributed by atoms with van der Waals surface area (Å²) in [5.74, 6) is -0.989. The van der Waals surface area contributed by atoms with Crippen LogP contribution in [0.3, 0.4) is 0 Å². The zero-order chi connectivity index (χ0) is 37.7. The van der Waals surface area contributed by atoms with Gasteiger partial charge in [-0.1, -0.05) is 112 Å². The highest BCUT2D eigenvalue weighted by Crippen LogP contribution is 2.47.